The molecule has 1 aromatic carbocycles. The van der Waals surface area contributed by atoms with Gasteiger partial charge in [-0.3, -0.25) is 4.98 Å². The molecule has 0 radical (unpaired) electrons. The van der Waals surface area contributed by atoms with Gasteiger partial charge in [0.2, 0.25) is 0 Å². The van der Waals surface area contributed by atoms with Crippen LogP contribution in [0, 0.1) is 0 Å². The number of nitrogens with zero attached hydrogens (tertiary/aromatic N) is 3. The van der Waals surface area contributed by atoms with Gasteiger partial charge in [-0.05, 0) is 50.2 Å². The van der Waals surface area contributed by atoms with Crippen LogP contribution in [0.25, 0.3) is 22.4 Å². The molecule has 4 rings (SSSR count). The monoisotopic (exact) mass is 278 g/mol. The van der Waals surface area contributed by atoms with Crippen LogP contribution in [0.15, 0.2) is 48.8 Å². The molecule has 0 aliphatic carbocycles. The van der Waals surface area contributed by atoms with Gasteiger partial charge in [0.15, 0.2) is 0 Å². The maximum Gasteiger partial charge on any atom is 0.142 e. The Kier molecular flexibility index (Phi) is 3.16. The molecular formula is C17H18N4. The molecule has 0 saturated carbocycles. The van der Waals surface area contributed by atoms with Gasteiger partial charge in [-0.2, -0.15) is 0 Å². The van der Waals surface area contributed by atoms with Gasteiger partial charge >= 0.3 is 0 Å². The molecule has 1 N–H and O–H groups in total. The van der Waals surface area contributed by atoms with Gasteiger partial charge in [0.05, 0.1) is 11.0 Å². The number of benzene rings is 1. The highest BCUT2D eigenvalue weighted by Gasteiger charge is 2.21. The fraction of sp³-hybridized carbons (Fsp3) is 0.294. The third kappa shape index (κ3) is 2.21. The zero-order valence-corrected chi connectivity index (χ0v) is 11.9. The Hall–Kier alpha value is -2.20. The van der Waals surface area contributed by atoms with E-state index in [9.17, 15) is 0 Å². The van der Waals surface area contributed by atoms with Crippen LogP contribution in [0.3, 0.4) is 0 Å². The van der Waals surface area contributed by atoms with E-state index < -0.39 is 0 Å². The van der Waals surface area contributed by atoms with Crippen LogP contribution in [0.2, 0.25) is 0 Å². The molecule has 4 nitrogen and oxygen atoms in total. The van der Waals surface area contributed by atoms with Crippen molar-refractivity contribution >= 4 is 11.0 Å². The predicted molar refractivity (Wildman–Crippen MR) is 84.1 cm³/mol. The van der Waals surface area contributed by atoms with E-state index in [1.54, 1.807) is 6.20 Å². The summed E-state index contributed by atoms with van der Waals surface area (Å²) in [5, 5.41) is 3.44. The Morgan fingerprint density at radius 1 is 1.05 bits per heavy atom. The van der Waals surface area contributed by atoms with Crippen molar-refractivity contribution in [2.75, 3.05) is 13.1 Å². The summed E-state index contributed by atoms with van der Waals surface area (Å²) in [6, 6.07) is 13.0. The number of para-hydroxylation sites is 2. The molecule has 3 aromatic rings. The second-order valence-corrected chi connectivity index (χ2v) is 5.52. The minimum absolute atomic E-state index is 0.508. The largest absolute Gasteiger partial charge is 0.321 e. The normalized spacial score (nSPS) is 16.4. The van der Waals surface area contributed by atoms with E-state index in [2.05, 4.69) is 45.2 Å². The minimum atomic E-state index is 0.508. The Morgan fingerprint density at radius 2 is 1.90 bits per heavy atom. The molecule has 1 aliphatic heterocycles. The molecule has 1 saturated heterocycles. The Bertz CT molecular complexity index is 742. The fourth-order valence-corrected chi connectivity index (χ4v) is 3.18. The number of imidazole rings is 1. The van der Waals surface area contributed by atoms with Crippen molar-refractivity contribution in [1.29, 1.82) is 0 Å². The standard InChI is InChI=1S/C17H18N4/c1-2-6-16-15(5-1)20-17(13-4-3-9-19-12-13)21(16)14-7-10-18-11-8-14/h1-6,9,12,14,18H,7-8,10-11H2. The first kappa shape index (κ1) is 12.5. The predicted octanol–water partition coefficient (Wildman–Crippen LogP) is 3.02. The van der Waals surface area contributed by atoms with E-state index in [0.717, 1.165) is 42.8 Å². The third-order valence-electron chi connectivity index (χ3n) is 4.19. The Morgan fingerprint density at radius 3 is 2.71 bits per heavy atom. The van der Waals surface area contributed by atoms with Gasteiger partial charge in [-0.1, -0.05) is 12.1 Å². The molecule has 1 aliphatic rings. The van der Waals surface area contributed by atoms with Crippen LogP contribution < -0.4 is 5.32 Å². The summed E-state index contributed by atoms with van der Waals surface area (Å²) in [5.74, 6) is 1.04. The van der Waals surface area contributed by atoms with Crippen LogP contribution in [-0.2, 0) is 0 Å². The number of fused-ring (bicyclic) bond motifs is 1. The van der Waals surface area contributed by atoms with E-state index in [1.165, 1.54) is 5.52 Å². The molecule has 0 unspecified atom stereocenters. The molecule has 0 spiro atoms. The molecule has 4 heteroatoms. The molecule has 2 aromatic heterocycles. The molecule has 1 fully saturated rings. The SMILES string of the molecule is c1cncc(-c2nc3ccccc3n2C2CCNCC2)c1. The van der Waals surface area contributed by atoms with Crippen LogP contribution in [0.4, 0.5) is 0 Å². The molecule has 0 atom stereocenters. The molecular weight excluding hydrogens is 260 g/mol. The topological polar surface area (TPSA) is 42.7 Å². The number of hydrogen-bond donors (Lipinski definition) is 1. The van der Waals surface area contributed by atoms with E-state index in [-0.39, 0.29) is 0 Å². The maximum atomic E-state index is 4.86. The number of hydrogen-bond acceptors (Lipinski definition) is 3. The summed E-state index contributed by atoms with van der Waals surface area (Å²) in [6.45, 7) is 2.15. The number of aromatic nitrogens is 3. The van der Waals surface area contributed by atoms with Gasteiger partial charge in [0.1, 0.15) is 5.82 Å². The lowest BCUT2D eigenvalue weighted by molar-refractivity contribution is 0.377. The summed E-state index contributed by atoms with van der Waals surface area (Å²) in [7, 11) is 0. The third-order valence-corrected chi connectivity index (χ3v) is 4.19. The van der Waals surface area contributed by atoms with Crippen molar-refractivity contribution < 1.29 is 0 Å². The molecule has 0 amide bonds. The molecule has 21 heavy (non-hydrogen) atoms. The Labute approximate surface area is 123 Å². The molecule has 106 valence electrons. The minimum Gasteiger partial charge on any atom is -0.321 e. The van der Waals surface area contributed by atoms with Crippen LogP contribution >= 0.6 is 0 Å². The fourth-order valence-electron chi connectivity index (χ4n) is 3.18. The zero-order chi connectivity index (χ0) is 14.1. The smallest absolute Gasteiger partial charge is 0.142 e. The number of nitrogens with one attached hydrogen (secondary N) is 1. The Balaban J connectivity index is 1.92. The zero-order valence-electron chi connectivity index (χ0n) is 11.9. The number of pyridine rings is 1. The average Bonchev–Trinajstić information content (AvgIpc) is 2.96. The van der Waals surface area contributed by atoms with Crippen molar-refractivity contribution in [3.05, 3.63) is 48.8 Å². The van der Waals surface area contributed by atoms with Crippen molar-refractivity contribution in [2.24, 2.45) is 0 Å². The highest BCUT2D eigenvalue weighted by atomic mass is 15.1. The van der Waals surface area contributed by atoms with Crippen LogP contribution in [-0.4, -0.2) is 27.6 Å². The first-order valence-electron chi connectivity index (χ1n) is 7.51. The van der Waals surface area contributed by atoms with Gasteiger partial charge < -0.3 is 9.88 Å². The summed E-state index contributed by atoms with van der Waals surface area (Å²) >= 11 is 0. The van der Waals surface area contributed by atoms with Gasteiger partial charge in [-0.25, -0.2) is 4.98 Å². The van der Waals surface area contributed by atoms with E-state index >= 15 is 0 Å². The first-order valence-corrected chi connectivity index (χ1v) is 7.51. The number of rotatable bonds is 2. The summed E-state index contributed by atoms with van der Waals surface area (Å²) < 4.78 is 2.41. The highest BCUT2D eigenvalue weighted by Crippen LogP contribution is 2.31. The van der Waals surface area contributed by atoms with Gasteiger partial charge in [0, 0.05) is 24.0 Å². The highest BCUT2D eigenvalue weighted by molar-refractivity contribution is 5.80. The van der Waals surface area contributed by atoms with E-state index in [4.69, 9.17) is 4.98 Å². The lowest BCUT2D eigenvalue weighted by Gasteiger charge is -2.26. The van der Waals surface area contributed by atoms with Gasteiger partial charge in [0.25, 0.3) is 0 Å². The van der Waals surface area contributed by atoms with Crippen molar-refractivity contribution in [1.82, 2.24) is 19.9 Å². The maximum absolute atomic E-state index is 4.86. The average molecular weight is 278 g/mol. The lowest BCUT2D eigenvalue weighted by Crippen LogP contribution is -2.29. The molecule has 0 bridgehead atoms. The van der Waals surface area contributed by atoms with E-state index in [1.807, 2.05) is 12.3 Å². The summed E-state index contributed by atoms with van der Waals surface area (Å²) in [6.07, 6.45) is 6.00. The first-order chi connectivity index (χ1) is 10.4. The second-order valence-electron chi connectivity index (χ2n) is 5.52. The summed E-state index contributed by atoms with van der Waals surface area (Å²) in [5.41, 5.74) is 3.38. The van der Waals surface area contributed by atoms with Crippen LogP contribution in [0.5, 0.6) is 0 Å². The second kappa shape index (κ2) is 5.30. The number of piperidine rings is 1. The van der Waals surface area contributed by atoms with Gasteiger partial charge in [-0.15, -0.1) is 0 Å². The van der Waals surface area contributed by atoms with E-state index in [0.29, 0.717) is 6.04 Å². The van der Waals surface area contributed by atoms with Crippen molar-refractivity contribution in [2.45, 2.75) is 18.9 Å². The van der Waals surface area contributed by atoms with Crippen LogP contribution in [0.1, 0.15) is 18.9 Å². The summed E-state index contributed by atoms with van der Waals surface area (Å²) in [4.78, 5) is 9.11. The molecule has 3 heterocycles. The lowest BCUT2D eigenvalue weighted by atomic mass is 10.1. The quantitative estimate of drug-likeness (QED) is 0.783. The van der Waals surface area contributed by atoms with Crippen molar-refractivity contribution in [3.63, 3.8) is 0 Å². The van der Waals surface area contributed by atoms with Crippen molar-refractivity contribution in [3.8, 4) is 11.4 Å².